The van der Waals surface area contributed by atoms with E-state index in [0.29, 0.717) is 50.9 Å². The van der Waals surface area contributed by atoms with Gasteiger partial charge in [-0.2, -0.15) is 0 Å². The molecule has 0 aliphatic heterocycles. The van der Waals surface area contributed by atoms with Gasteiger partial charge >= 0.3 is 18.0 Å². The van der Waals surface area contributed by atoms with Crippen LogP contribution < -0.4 is 4.74 Å². The quantitative estimate of drug-likeness (QED) is 0.145. The molecule has 4 fully saturated rings. The highest BCUT2D eigenvalue weighted by atomic mass is 35.5. The van der Waals surface area contributed by atoms with Crippen LogP contribution >= 0.6 is 23.2 Å². The topological polar surface area (TPSA) is 123 Å². The molecule has 4 saturated carbocycles. The van der Waals surface area contributed by atoms with Crippen molar-refractivity contribution in [2.75, 3.05) is 24.8 Å². The molecule has 4 aliphatic carbocycles. The molecule has 11 heteroatoms. The number of aliphatic hydroxyl groups excluding tert-OH is 2. The van der Waals surface area contributed by atoms with E-state index in [4.69, 9.17) is 37.4 Å². The van der Waals surface area contributed by atoms with E-state index in [1.807, 2.05) is 30.3 Å². The molecule has 0 heterocycles. The van der Waals surface area contributed by atoms with Crippen LogP contribution in [0.3, 0.4) is 0 Å². The molecule has 0 spiro atoms. The van der Waals surface area contributed by atoms with Crippen molar-refractivity contribution in [3.63, 3.8) is 0 Å². The van der Waals surface area contributed by atoms with Crippen LogP contribution in [0.2, 0.25) is 0 Å². The maximum atomic E-state index is 13.1. The third-order valence-electron chi connectivity index (χ3n) is 14.3. The highest BCUT2D eigenvalue weighted by molar-refractivity contribution is 6.18. The molecule has 0 bridgehead atoms. The third kappa shape index (κ3) is 9.16. The van der Waals surface area contributed by atoms with E-state index in [2.05, 4.69) is 20.8 Å². The van der Waals surface area contributed by atoms with Gasteiger partial charge in [0.25, 0.3) is 0 Å². The van der Waals surface area contributed by atoms with Gasteiger partial charge in [-0.15, -0.1) is 23.2 Å². The van der Waals surface area contributed by atoms with Crippen molar-refractivity contribution in [3.8, 4) is 5.75 Å². The molecule has 302 valence electrons. The van der Waals surface area contributed by atoms with E-state index in [9.17, 15) is 24.6 Å². The Morgan fingerprint density at radius 3 is 2.27 bits per heavy atom. The lowest BCUT2D eigenvalue weighted by Gasteiger charge is -2.63. The minimum absolute atomic E-state index is 0.0578. The second-order valence-corrected chi connectivity index (χ2v) is 18.0. The second kappa shape index (κ2) is 18.2. The summed E-state index contributed by atoms with van der Waals surface area (Å²) in [6.07, 6.45) is 5.12. The predicted octanol–water partition coefficient (Wildman–Crippen LogP) is 8.18. The zero-order chi connectivity index (χ0) is 39.3. The number of nitrogens with zero attached hydrogens (tertiary/aromatic N) is 1. The van der Waals surface area contributed by atoms with Gasteiger partial charge in [0.15, 0.2) is 0 Å². The maximum Gasteiger partial charge on any atom is 0.415 e. The first-order valence-electron chi connectivity index (χ1n) is 20.3. The summed E-state index contributed by atoms with van der Waals surface area (Å²) in [7, 11) is 0. The van der Waals surface area contributed by atoms with Crippen LogP contribution in [0.5, 0.6) is 5.75 Å². The van der Waals surface area contributed by atoms with Gasteiger partial charge in [0, 0.05) is 31.3 Å². The third-order valence-corrected chi connectivity index (χ3v) is 14.6. The first-order valence-corrected chi connectivity index (χ1v) is 21.4. The summed E-state index contributed by atoms with van der Waals surface area (Å²) in [5.74, 6) is 1.65. The Hall–Kier alpha value is -2.85. The summed E-state index contributed by atoms with van der Waals surface area (Å²) in [5.41, 5.74) is 1.35. The normalized spacial score (nSPS) is 33.0. The van der Waals surface area contributed by atoms with Gasteiger partial charge in [0.1, 0.15) is 18.5 Å². The Morgan fingerprint density at radius 1 is 0.873 bits per heavy atom. The SMILES string of the molecule is C[C@H](CCC(=O)OCc1ccccc1)[C@H]1CC[C@H]2[C@@H]3[C@H](O)C[C@@H]4C[C@H](OC(=O)Cc5ccc(OC(=O)N(CCCl)CCCl)cc5)CC[C@]4(C)[C@H]3C[C@H](O)[C@]12C. The summed E-state index contributed by atoms with van der Waals surface area (Å²) in [4.78, 5) is 39.7. The fourth-order valence-electron chi connectivity index (χ4n) is 11.3. The number of amides is 1. The fourth-order valence-corrected chi connectivity index (χ4v) is 11.7. The standard InChI is InChI=1S/C44H59Cl2NO8/c1-28(9-16-39(50)53-27-30-7-5-4-6-8-30)34-14-15-35-41-36(26-38(49)44(34,35)3)43(2)18-17-33(24-31(43)25-37(41)48)54-40(51)23-29-10-12-32(13-11-29)55-42(52)47(21-19-45)22-20-46/h4-8,10-13,28,31,33-38,41,48-49H,9,14-27H2,1-3H3/t28-,31+,33-,34-,35+,36+,37-,38+,41+,43+,44-/m1/s1. The van der Waals surface area contributed by atoms with Gasteiger partial charge in [-0.3, -0.25) is 9.59 Å². The number of carbonyl (C=O) groups excluding carboxylic acids is 3. The van der Waals surface area contributed by atoms with E-state index >= 15 is 0 Å². The van der Waals surface area contributed by atoms with Gasteiger partial charge < -0.3 is 29.3 Å². The lowest BCUT2D eigenvalue weighted by molar-refractivity contribution is -0.209. The van der Waals surface area contributed by atoms with Gasteiger partial charge in [-0.25, -0.2) is 4.79 Å². The molecule has 4 aliphatic rings. The van der Waals surface area contributed by atoms with Crippen molar-refractivity contribution >= 4 is 41.2 Å². The number of ether oxygens (including phenoxy) is 3. The van der Waals surface area contributed by atoms with Gasteiger partial charge in [0.2, 0.25) is 0 Å². The largest absolute Gasteiger partial charge is 0.462 e. The Bertz CT molecular complexity index is 1600. The van der Waals surface area contributed by atoms with Gasteiger partial charge in [0.05, 0.1) is 18.6 Å². The molecular formula is C44H59Cl2NO8. The fraction of sp³-hybridized carbons (Fsp3) is 0.659. The molecule has 9 nitrogen and oxygen atoms in total. The van der Waals surface area contributed by atoms with Crippen LogP contribution in [-0.4, -0.2) is 76.3 Å². The monoisotopic (exact) mass is 799 g/mol. The van der Waals surface area contributed by atoms with Crippen molar-refractivity contribution in [1.82, 2.24) is 4.90 Å². The first kappa shape index (κ1) is 41.8. The number of alkyl halides is 2. The number of hydrogen-bond donors (Lipinski definition) is 2. The van der Waals surface area contributed by atoms with E-state index in [-0.39, 0.29) is 89.2 Å². The van der Waals surface area contributed by atoms with Crippen LogP contribution in [0.15, 0.2) is 54.6 Å². The van der Waals surface area contributed by atoms with Gasteiger partial charge in [-0.1, -0.05) is 63.2 Å². The molecule has 11 atom stereocenters. The number of carbonyl (C=O) groups is 3. The summed E-state index contributed by atoms with van der Waals surface area (Å²) >= 11 is 11.6. The van der Waals surface area contributed by atoms with E-state index in [1.54, 1.807) is 24.3 Å². The van der Waals surface area contributed by atoms with Crippen molar-refractivity contribution in [3.05, 3.63) is 65.7 Å². The van der Waals surface area contributed by atoms with E-state index in [0.717, 1.165) is 36.8 Å². The first-order chi connectivity index (χ1) is 26.4. The van der Waals surface area contributed by atoms with Crippen LogP contribution in [0, 0.1) is 46.3 Å². The molecule has 1 amide bonds. The maximum absolute atomic E-state index is 13.1. The van der Waals surface area contributed by atoms with Gasteiger partial charge in [-0.05, 0) is 121 Å². The molecule has 2 N–H and O–H groups in total. The highest BCUT2D eigenvalue weighted by Crippen LogP contribution is 2.68. The molecule has 0 aromatic heterocycles. The minimum atomic E-state index is -0.526. The number of rotatable bonds is 14. The zero-order valence-corrected chi connectivity index (χ0v) is 34.1. The molecule has 0 unspecified atom stereocenters. The average molecular weight is 801 g/mol. The number of fused-ring (bicyclic) bond motifs is 5. The molecule has 0 radical (unpaired) electrons. The predicted molar refractivity (Wildman–Crippen MR) is 212 cm³/mol. The van der Waals surface area contributed by atoms with Crippen molar-refractivity contribution in [2.24, 2.45) is 46.3 Å². The minimum Gasteiger partial charge on any atom is -0.462 e. The molecule has 2 aromatic rings. The number of benzene rings is 2. The van der Waals surface area contributed by atoms with Crippen molar-refractivity contribution in [1.29, 1.82) is 0 Å². The summed E-state index contributed by atoms with van der Waals surface area (Å²) in [5, 5.41) is 23.9. The Morgan fingerprint density at radius 2 is 1.58 bits per heavy atom. The number of esters is 2. The van der Waals surface area contributed by atoms with Crippen LogP contribution in [0.4, 0.5) is 4.79 Å². The zero-order valence-electron chi connectivity index (χ0n) is 32.5. The average Bonchev–Trinajstić information content (AvgIpc) is 3.53. The van der Waals surface area contributed by atoms with Crippen LogP contribution in [0.25, 0.3) is 0 Å². The van der Waals surface area contributed by atoms with Crippen LogP contribution in [0.1, 0.15) is 89.7 Å². The lowest BCUT2D eigenvalue weighted by atomic mass is 9.43. The highest BCUT2D eigenvalue weighted by Gasteiger charge is 2.65. The number of halogens is 2. The van der Waals surface area contributed by atoms with E-state index < -0.39 is 18.3 Å². The molecule has 0 saturated heterocycles. The molecule has 6 rings (SSSR count). The van der Waals surface area contributed by atoms with Crippen molar-refractivity contribution in [2.45, 2.75) is 110 Å². The summed E-state index contributed by atoms with van der Waals surface area (Å²) in [6, 6.07) is 16.5. The molecule has 55 heavy (non-hydrogen) atoms. The van der Waals surface area contributed by atoms with Crippen molar-refractivity contribution < 1.29 is 38.8 Å². The Balaban J connectivity index is 1.01. The number of aliphatic hydroxyl groups is 2. The smallest absolute Gasteiger partial charge is 0.415 e. The summed E-state index contributed by atoms with van der Waals surface area (Å²) in [6.45, 7) is 7.76. The van der Waals surface area contributed by atoms with E-state index in [1.165, 1.54) is 4.90 Å². The number of hydrogen-bond acceptors (Lipinski definition) is 8. The summed E-state index contributed by atoms with van der Waals surface area (Å²) < 4.78 is 17.1. The Labute approximate surface area is 336 Å². The second-order valence-electron chi connectivity index (χ2n) is 17.2. The van der Waals surface area contributed by atoms with Crippen LogP contribution in [-0.2, 0) is 32.1 Å². The lowest BCUT2D eigenvalue weighted by Crippen LogP contribution is -2.62. The molecular weight excluding hydrogens is 741 g/mol. The Kier molecular flexibility index (Phi) is 13.8. The molecule has 2 aromatic carbocycles.